The summed E-state index contributed by atoms with van der Waals surface area (Å²) < 4.78 is 1.78. The third-order valence-electron chi connectivity index (χ3n) is 8.78. The second-order valence-corrected chi connectivity index (χ2v) is 10.7. The minimum Gasteiger partial charge on any atom is -0.476 e. The van der Waals surface area contributed by atoms with Crippen LogP contribution in [0.2, 0.25) is 0 Å². The lowest BCUT2D eigenvalue weighted by atomic mass is 9.63. The summed E-state index contributed by atoms with van der Waals surface area (Å²) in [6.45, 7) is 3.26. The molecule has 3 fully saturated rings. The van der Waals surface area contributed by atoms with E-state index in [1.807, 2.05) is 18.2 Å². The molecule has 0 bridgehead atoms. The van der Waals surface area contributed by atoms with E-state index in [0.717, 1.165) is 24.9 Å². The Morgan fingerprint density at radius 2 is 1.64 bits per heavy atom. The Balaban J connectivity index is 1.42. The third kappa shape index (κ3) is 4.01. The van der Waals surface area contributed by atoms with Crippen LogP contribution < -0.4 is 5.56 Å². The van der Waals surface area contributed by atoms with E-state index in [2.05, 4.69) is 16.8 Å². The van der Waals surface area contributed by atoms with Gasteiger partial charge in [-0.15, -0.1) is 0 Å². The predicted octanol–water partition coefficient (Wildman–Crippen LogP) is 5.19. The Bertz CT molecular complexity index is 1070. The van der Waals surface area contributed by atoms with Gasteiger partial charge in [-0.1, -0.05) is 63.5 Å². The SMILES string of the molecule is C[C@]1(n2c(=O)c(C(=O)O)nc3ccccc32)C[C@@H]2C1CCN2C1CCCCCCCCCC1. The summed E-state index contributed by atoms with van der Waals surface area (Å²) in [6.07, 6.45) is 15.5. The molecule has 2 aromatic rings. The number of aromatic carboxylic acids is 1. The van der Waals surface area contributed by atoms with Crippen molar-refractivity contribution in [3.63, 3.8) is 0 Å². The first-order valence-corrected chi connectivity index (χ1v) is 13.0. The molecule has 1 saturated heterocycles. The first-order chi connectivity index (χ1) is 16.0. The molecule has 6 nitrogen and oxygen atoms in total. The van der Waals surface area contributed by atoms with E-state index >= 15 is 0 Å². The lowest BCUT2D eigenvalue weighted by molar-refractivity contribution is -0.0202. The van der Waals surface area contributed by atoms with Crippen molar-refractivity contribution in [1.29, 1.82) is 0 Å². The van der Waals surface area contributed by atoms with Crippen molar-refractivity contribution < 1.29 is 9.90 Å². The summed E-state index contributed by atoms with van der Waals surface area (Å²) in [7, 11) is 0. The number of para-hydroxylation sites is 2. The lowest BCUT2D eigenvalue weighted by Gasteiger charge is -2.54. The van der Waals surface area contributed by atoms with Crippen molar-refractivity contribution in [3.8, 4) is 0 Å². The van der Waals surface area contributed by atoms with Gasteiger partial charge in [0, 0.05) is 12.1 Å². The lowest BCUT2D eigenvalue weighted by Crippen LogP contribution is -2.62. The van der Waals surface area contributed by atoms with Crippen LogP contribution in [0.5, 0.6) is 0 Å². The fourth-order valence-corrected chi connectivity index (χ4v) is 7.06. The van der Waals surface area contributed by atoms with Crippen LogP contribution >= 0.6 is 0 Å². The molecule has 0 radical (unpaired) electrons. The van der Waals surface area contributed by atoms with Gasteiger partial charge in [0.25, 0.3) is 5.56 Å². The van der Waals surface area contributed by atoms with E-state index in [4.69, 9.17) is 0 Å². The number of hydrogen-bond donors (Lipinski definition) is 1. The number of aromatic nitrogens is 2. The van der Waals surface area contributed by atoms with Crippen LogP contribution in [0.3, 0.4) is 0 Å². The Labute approximate surface area is 196 Å². The maximum Gasteiger partial charge on any atom is 0.360 e. The molecule has 1 aromatic heterocycles. The van der Waals surface area contributed by atoms with Crippen LogP contribution in [0.4, 0.5) is 0 Å². The second-order valence-electron chi connectivity index (χ2n) is 10.7. The molecule has 1 N–H and O–H groups in total. The standard InChI is InChI=1S/C27H37N3O3/c1-27(30-22-15-11-10-14-21(22)28-24(25(30)31)26(32)33)18-23-20(27)16-17-29(23)19-12-8-6-4-2-3-5-7-9-13-19/h10-11,14-15,19-20,23H,2-9,12-13,16-18H2,1H3,(H,32,33)/t20?,23-,27+/m1/s1. The predicted molar refractivity (Wildman–Crippen MR) is 130 cm³/mol. The van der Waals surface area contributed by atoms with Gasteiger partial charge in [0.15, 0.2) is 0 Å². The molecular weight excluding hydrogens is 414 g/mol. The van der Waals surface area contributed by atoms with Crippen LogP contribution in [0.15, 0.2) is 29.1 Å². The first kappa shape index (κ1) is 22.6. The van der Waals surface area contributed by atoms with Crippen LogP contribution in [0, 0.1) is 5.92 Å². The van der Waals surface area contributed by atoms with Gasteiger partial charge in [-0.25, -0.2) is 9.78 Å². The normalized spacial score (nSPS) is 29.8. The highest BCUT2D eigenvalue weighted by Crippen LogP contribution is 2.54. The average molecular weight is 452 g/mol. The van der Waals surface area contributed by atoms with Gasteiger partial charge in [-0.05, 0) is 57.2 Å². The van der Waals surface area contributed by atoms with Gasteiger partial charge < -0.3 is 5.11 Å². The summed E-state index contributed by atoms with van der Waals surface area (Å²) >= 11 is 0. The summed E-state index contributed by atoms with van der Waals surface area (Å²) in [5.41, 5.74) is 0.142. The molecule has 2 heterocycles. The number of nitrogens with zero attached hydrogens (tertiary/aromatic N) is 3. The maximum atomic E-state index is 13.3. The summed E-state index contributed by atoms with van der Waals surface area (Å²) in [5, 5.41) is 9.63. The molecule has 3 atom stereocenters. The molecule has 1 aliphatic heterocycles. The van der Waals surface area contributed by atoms with E-state index in [9.17, 15) is 14.7 Å². The smallest absolute Gasteiger partial charge is 0.360 e. The number of carbonyl (C=O) groups is 1. The minimum atomic E-state index is -1.25. The molecular formula is C27H37N3O3. The van der Waals surface area contributed by atoms with Gasteiger partial charge in [0.05, 0.1) is 16.6 Å². The summed E-state index contributed by atoms with van der Waals surface area (Å²) in [6, 6.07) is 8.62. The molecule has 6 heteroatoms. The van der Waals surface area contributed by atoms with Crippen molar-refractivity contribution in [2.45, 2.75) is 102 Å². The molecule has 2 aliphatic carbocycles. The van der Waals surface area contributed by atoms with E-state index in [1.54, 1.807) is 10.6 Å². The molecule has 1 unspecified atom stereocenters. The van der Waals surface area contributed by atoms with E-state index in [1.165, 1.54) is 64.2 Å². The van der Waals surface area contributed by atoms with Crippen molar-refractivity contribution in [3.05, 3.63) is 40.3 Å². The monoisotopic (exact) mass is 451 g/mol. The van der Waals surface area contributed by atoms with E-state index in [0.29, 0.717) is 23.5 Å². The number of carboxylic acids is 1. The van der Waals surface area contributed by atoms with Crippen LogP contribution in [0.25, 0.3) is 11.0 Å². The molecule has 3 aliphatic rings. The highest BCUT2D eigenvalue weighted by Gasteiger charge is 2.58. The van der Waals surface area contributed by atoms with Crippen LogP contribution in [-0.4, -0.2) is 44.2 Å². The van der Waals surface area contributed by atoms with Crippen LogP contribution in [-0.2, 0) is 5.54 Å². The topological polar surface area (TPSA) is 75.4 Å². The molecule has 2 saturated carbocycles. The quantitative estimate of drug-likeness (QED) is 0.695. The fraction of sp³-hybridized carbons (Fsp3) is 0.667. The number of carboxylic acid groups (broad SMARTS) is 1. The van der Waals surface area contributed by atoms with Crippen molar-refractivity contribution in [2.75, 3.05) is 6.54 Å². The zero-order valence-electron chi connectivity index (χ0n) is 19.8. The van der Waals surface area contributed by atoms with E-state index < -0.39 is 11.5 Å². The zero-order chi connectivity index (χ0) is 23.0. The van der Waals surface area contributed by atoms with Gasteiger partial charge in [0.1, 0.15) is 0 Å². The van der Waals surface area contributed by atoms with Crippen molar-refractivity contribution in [1.82, 2.24) is 14.5 Å². The Morgan fingerprint density at radius 3 is 2.30 bits per heavy atom. The van der Waals surface area contributed by atoms with Crippen molar-refractivity contribution >= 4 is 17.0 Å². The number of hydrogen-bond acceptors (Lipinski definition) is 4. The van der Waals surface area contributed by atoms with E-state index in [-0.39, 0.29) is 11.2 Å². The molecule has 0 spiro atoms. The number of fused-ring (bicyclic) bond motifs is 2. The highest BCUT2D eigenvalue weighted by molar-refractivity contribution is 5.88. The molecule has 178 valence electrons. The molecule has 0 amide bonds. The largest absolute Gasteiger partial charge is 0.476 e. The number of benzene rings is 1. The zero-order valence-corrected chi connectivity index (χ0v) is 19.8. The van der Waals surface area contributed by atoms with Crippen LogP contribution in [0.1, 0.15) is 94.5 Å². The number of rotatable bonds is 3. The highest BCUT2D eigenvalue weighted by atomic mass is 16.4. The molecule has 33 heavy (non-hydrogen) atoms. The Morgan fingerprint density at radius 1 is 1.00 bits per heavy atom. The second kappa shape index (κ2) is 9.21. The van der Waals surface area contributed by atoms with Gasteiger partial charge in [-0.2, -0.15) is 0 Å². The van der Waals surface area contributed by atoms with Gasteiger partial charge in [-0.3, -0.25) is 14.3 Å². The maximum absolute atomic E-state index is 13.3. The molecule has 1 aromatic carbocycles. The van der Waals surface area contributed by atoms with Gasteiger partial charge >= 0.3 is 5.97 Å². The Kier molecular flexibility index (Phi) is 6.30. The molecule has 5 rings (SSSR count). The van der Waals surface area contributed by atoms with Crippen molar-refractivity contribution in [2.24, 2.45) is 5.92 Å². The third-order valence-corrected chi connectivity index (χ3v) is 8.78. The average Bonchev–Trinajstić information content (AvgIpc) is 3.12. The Hall–Kier alpha value is -2.21. The van der Waals surface area contributed by atoms with Gasteiger partial charge in [0.2, 0.25) is 5.69 Å². The summed E-state index contributed by atoms with van der Waals surface area (Å²) in [5.74, 6) is -0.870. The number of likely N-dealkylation sites (tertiary alicyclic amines) is 1. The summed E-state index contributed by atoms with van der Waals surface area (Å²) in [4.78, 5) is 32.1. The first-order valence-electron chi connectivity index (χ1n) is 13.0. The minimum absolute atomic E-state index is 0.364. The fourth-order valence-electron chi connectivity index (χ4n) is 7.06.